The zero-order valence-electron chi connectivity index (χ0n) is 31.7. The Kier molecular flexibility index (Phi) is 13.3. The number of nitrogens with two attached hydrogens (primary N) is 1. The van der Waals surface area contributed by atoms with E-state index in [1.165, 1.54) is 24.4 Å². The molecule has 17 heteroatoms. The van der Waals surface area contributed by atoms with Crippen LogP contribution in [0.2, 0.25) is 0 Å². The summed E-state index contributed by atoms with van der Waals surface area (Å²) in [6, 6.07) is 32.4. The van der Waals surface area contributed by atoms with Crippen molar-refractivity contribution in [3.05, 3.63) is 154 Å². The van der Waals surface area contributed by atoms with Crippen molar-refractivity contribution < 1.29 is 56.7 Å². The van der Waals surface area contributed by atoms with E-state index < -0.39 is 68.9 Å². The van der Waals surface area contributed by atoms with Gasteiger partial charge < -0.3 is 39.3 Å². The molecule has 1 fully saturated rings. The SMILES string of the molecule is CCOC(=O)CO[C@H]1[C@H](n2ccc(N)nc2=O)O[C@H](COC(c2ccccc2)(c2ccc(OC)cc2)c2ccc(OC)cc2)[C@@]1(O)O[P+](=O)OC(=O)c1ccccc1. The van der Waals surface area contributed by atoms with Gasteiger partial charge in [-0.25, -0.2) is 14.4 Å². The number of hydrogen-bond acceptors (Lipinski definition) is 15. The Balaban J connectivity index is 1.47. The lowest BCUT2D eigenvalue weighted by atomic mass is 9.80. The second kappa shape index (κ2) is 18.5. The fraction of sp³-hybridized carbons (Fsp3) is 0.268. The van der Waals surface area contributed by atoms with Crippen LogP contribution in [0.3, 0.4) is 0 Å². The lowest BCUT2D eigenvalue weighted by Gasteiger charge is -2.37. The fourth-order valence-corrected chi connectivity index (χ4v) is 7.23. The summed E-state index contributed by atoms with van der Waals surface area (Å²) >= 11 is 0. The molecule has 1 unspecified atom stereocenters. The van der Waals surface area contributed by atoms with Crippen molar-refractivity contribution >= 4 is 26.0 Å². The Morgan fingerprint density at radius 2 is 1.45 bits per heavy atom. The van der Waals surface area contributed by atoms with Gasteiger partial charge in [-0.05, 0) is 66.1 Å². The minimum atomic E-state index is -3.50. The molecule has 0 aliphatic carbocycles. The number of aliphatic hydroxyl groups is 1. The van der Waals surface area contributed by atoms with Crippen LogP contribution in [-0.4, -0.2) is 78.6 Å². The fourth-order valence-electron chi connectivity index (χ4n) is 6.49. The molecule has 1 aliphatic heterocycles. The molecule has 302 valence electrons. The second-order valence-corrected chi connectivity index (χ2v) is 13.5. The summed E-state index contributed by atoms with van der Waals surface area (Å²) in [5.41, 5.74) is 5.29. The van der Waals surface area contributed by atoms with Crippen LogP contribution in [0.15, 0.2) is 126 Å². The topological polar surface area (TPSA) is 206 Å². The number of esters is 1. The Hall–Kier alpha value is -6.00. The number of aromatic nitrogens is 2. The molecule has 0 spiro atoms. The van der Waals surface area contributed by atoms with Crippen molar-refractivity contribution in [2.45, 2.75) is 36.7 Å². The maximum Gasteiger partial charge on any atom is 0.756 e. The predicted molar refractivity (Wildman–Crippen MR) is 207 cm³/mol. The molecule has 1 aliphatic rings. The number of methoxy groups -OCH3 is 2. The van der Waals surface area contributed by atoms with E-state index in [2.05, 4.69) is 4.98 Å². The van der Waals surface area contributed by atoms with Crippen molar-refractivity contribution in [1.29, 1.82) is 0 Å². The smallest absolute Gasteiger partial charge is 0.497 e. The molecule has 0 bridgehead atoms. The minimum Gasteiger partial charge on any atom is -0.497 e. The van der Waals surface area contributed by atoms with Gasteiger partial charge >= 0.3 is 25.9 Å². The van der Waals surface area contributed by atoms with Crippen LogP contribution < -0.4 is 20.9 Å². The highest BCUT2D eigenvalue weighted by molar-refractivity contribution is 7.34. The Morgan fingerprint density at radius 1 is 0.879 bits per heavy atom. The molecule has 5 aromatic rings. The van der Waals surface area contributed by atoms with Crippen LogP contribution in [0.25, 0.3) is 0 Å². The van der Waals surface area contributed by atoms with Gasteiger partial charge in [-0.3, -0.25) is 4.57 Å². The van der Waals surface area contributed by atoms with Gasteiger partial charge in [-0.15, -0.1) is 0 Å². The summed E-state index contributed by atoms with van der Waals surface area (Å²) in [5.74, 6) is -3.71. The summed E-state index contributed by atoms with van der Waals surface area (Å²) < 4.78 is 60.6. The van der Waals surface area contributed by atoms with Crippen LogP contribution in [-0.2, 0) is 43.0 Å². The Bertz CT molecular complexity index is 2190. The number of nitrogen functional groups attached to an aromatic ring is 1. The zero-order valence-corrected chi connectivity index (χ0v) is 32.6. The summed E-state index contributed by atoms with van der Waals surface area (Å²) in [6.07, 6.45) is -3.91. The molecule has 2 heterocycles. The minimum absolute atomic E-state index is 0.00491. The molecule has 1 aromatic heterocycles. The van der Waals surface area contributed by atoms with Crippen molar-refractivity contribution in [3.63, 3.8) is 0 Å². The molecule has 5 atom stereocenters. The molecule has 16 nitrogen and oxygen atoms in total. The average Bonchev–Trinajstić information content (AvgIpc) is 3.50. The largest absolute Gasteiger partial charge is 0.756 e. The maximum atomic E-state index is 13.6. The molecule has 0 radical (unpaired) electrons. The number of hydrogen-bond donors (Lipinski definition) is 2. The first-order chi connectivity index (χ1) is 28.0. The molecule has 0 amide bonds. The number of carbonyl (C=O) groups excluding carboxylic acids is 2. The van der Waals surface area contributed by atoms with Gasteiger partial charge in [0.2, 0.25) is 0 Å². The predicted octanol–water partition coefficient (Wildman–Crippen LogP) is 4.92. The molecular weight excluding hydrogens is 773 g/mol. The van der Waals surface area contributed by atoms with E-state index in [1.807, 2.05) is 54.6 Å². The summed E-state index contributed by atoms with van der Waals surface area (Å²) in [6.45, 7) is 0.236. The number of anilines is 1. The standard InChI is InChI=1S/C41H40N3O13P/c1-4-52-35(45)26-53-36-37(44-24-23-34(42)43-39(44)47)55-33(41(36,48)57-58(49)56-38(46)27-11-7-5-8-12-27)25-54-40(28-13-9-6-10-14-28,29-15-19-31(50-2)20-16-29)30-17-21-32(51-3)22-18-30/h5-24,33,36-37,48H,4,25-26H2,1-3H3,(H-,42,43,47)/p+1/t33-,36+,37-,41-/m1/s1. The van der Waals surface area contributed by atoms with Crippen LogP contribution in [0, 0.1) is 0 Å². The highest BCUT2D eigenvalue weighted by Gasteiger charge is 2.65. The van der Waals surface area contributed by atoms with Crippen LogP contribution in [0.1, 0.15) is 40.2 Å². The van der Waals surface area contributed by atoms with Crippen LogP contribution in [0.4, 0.5) is 5.82 Å². The van der Waals surface area contributed by atoms with E-state index in [1.54, 1.807) is 63.6 Å². The molecule has 6 rings (SSSR count). The van der Waals surface area contributed by atoms with Crippen molar-refractivity contribution in [1.82, 2.24) is 9.55 Å². The van der Waals surface area contributed by atoms with Crippen molar-refractivity contribution in [2.24, 2.45) is 0 Å². The monoisotopic (exact) mass is 814 g/mol. The average molecular weight is 815 g/mol. The van der Waals surface area contributed by atoms with Gasteiger partial charge in [0.15, 0.2) is 12.3 Å². The number of nitrogens with zero attached hydrogens (tertiary/aromatic N) is 2. The van der Waals surface area contributed by atoms with Gasteiger partial charge in [0, 0.05) is 10.8 Å². The third-order valence-electron chi connectivity index (χ3n) is 9.26. The van der Waals surface area contributed by atoms with Crippen molar-refractivity contribution in [2.75, 3.05) is 39.8 Å². The van der Waals surface area contributed by atoms with E-state index in [0.717, 1.165) is 4.57 Å². The molecule has 0 saturated carbocycles. The highest BCUT2D eigenvalue weighted by atomic mass is 31.1. The maximum absolute atomic E-state index is 13.6. The molecule has 1 saturated heterocycles. The summed E-state index contributed by atoms with van der Waals surface area (Å²) in [5, 5.41) is 12.7. The number of carbonyl (C=O) groups is 2. The molecule has 58 heavy (non-hydrogen) atoms. The normalized spacial score (nSPS) is 19.2. The van der Waals surface area contributed by atoms with E-state index in [-0.39, 0.29) is 18.0 Å². The number of rotatable bonds is 17. The number of benzene rings is 4. The van der Waals surface area contributed by atoms with Gasteiger partial charge in [0.05, 0.1) is 33.0 Å². The first kappa shape index (κ1) is 41.6. The number of ether oxygens (including phenoxy) is 6. The van der Waals surface area contributed by atoms with Gasteiger partial charge in [0.25, 0.3) is 5.79 Å². The van der Waals surface area contributed by atoms with Gasteiger partial charge in [0.1, 0.15) is 35.6 Å². The Labute approximate surface area is 333 Å². The highest BCUT2D eigenvalue weighted by Crippen LogP contribution is 2.48. The third kappa shape index (κ3) is 8.92. The van der Waals surface area contributed by atoms with E-state index in [4.69, 9.17) is 43.2 Å². The lowest BCUT2D eigenvalue weighted by Crippen LogP contribution is -2.53. The van der Waals surface area contributed by atoms with E-state index in [0.29, 0.717) is 28.2 Å². The molecular formula is C41H41N3O13P+. The van der Waals surface area contributed by atoms with Crippen molar-refractivity contribution in [3.8, 4) is 11.5 Å². The van der Waals surface area contributed by atoms with E-state index >= 15 is 0 Å². The first-order valence-electron chi connectivity index (χ1n) is 17.9. The lowest BCUT2D eigenvalue weighted by molar-refractivity contribution is -0.234. The molecule has 3 N–H and O–H groups in total. The third-order valence-corrected chi connectivity index (χ3v) is 10.0. The van der Waals surface area contributed by atoms with E-state index in [9.17, 15) is 24.1 Å². The Morgan fingerprint density at radius 3 is 2.00 bits per heavy atom. The van der Waals surface area contributed by atoms with Crippen LogP contribution >= 0.6 is 8.25 Å². The van der Waals surface area contributed by atoms with Gasteiger partial charge in [-0.2, -0.15) is 9.51 Å². The summed E-state index contributed by atoms with van der Waals surface area (Å²) in [4.78, 5) is 42.6. The second-order valence-electron chi connectivity index (χ2n) is 12.7. The summed E-state index contributed by atoms with van der Waals surface area (Å²) in [7, 11) is -0.424. The van der Waals surface area contributed by atoms with Crippen LogP contribution in [0.5, 0.6) is 11.5 Å². The molecule has 4 aromatic carbocycles. The van der Waals surface area contributed by atoms with Gasteiger partial charge in [-0.1, -0.05) is 77.3 Å². The zero-order chi connectivity index (χ0) is 41.3. The quantitative estimate of drug-likeness (QED) is 0.0553. The first-order valence-corrected chi connectivity index (χ1v) is 19.0.